The highest BCUT2D eigenvalue weighted by molar-refractivity contribution is 4.88. The van der Waals surface area contributed by atoms with Crippen molar-refractivity contribution in [3.8, 4) is 0 Å². The molecule has 1 fully saturated rings. The molecule has 0 heterocycles. The van der Waals surface area contributed by atoms with E-state index in [-0.39, 0.29) is 5.92 Å². The van der Waals surface area contributed by atoms with Gasteiger partial charge in [-0.15, -0.1) is 0 Å². The Morgan fingerprint density at radius 1 is 1.21 bits per heavy atom. The Kier molecular flexibility index (Phi) is 4.59. The summed E-state index contributed by atoms with van der Waals surface area (Å²) in [5.74, 6) is -0.0271. The molecular weight excluding hydrogens is 182 g/mol. The van der Waals surface area contributed by atoms with Gasteiger partial charge in [-0.05, 0) is 18.9 Å². The molecule has 0 amide bonds. The number of rotatable bonds is 2. The van der Waals surface area contributed by atoms with Crippen LogP contribution in [0.3, 0.4) is 0 Å². The average molecular weight is 199 g/mol. The van der Waals surface area contributed by atoms with Crippen LogP contribution in [0.4, 0.5) is 0 Å². The van der Waals surface area contributed by atoms with E-state index in [0.717, 1.165) is 31.9 Å². The summed E-state index contributed by atoms with van der Waals surface area (Å²) in [4.78, 5) is 9.67. The van der Waals surface area contributed by atoms with Gasteiger partial charge in [-0.1, -0.05) is 25.7 Å². The molecule has 0 spiro atoms. The molecule has 0 aromatic carbocycles. The van der Waals surface area contributed by atoms with Crippen LogP contribution in [0.5, 0.6) is 0 Å². The van der Waals surface area contributed by atoms with Crippen LogP contribution >= 0.6 is 0 Å². The van der Waals surface area contributed by atoms with E-state index < -0.39 is 11.0 Å². The molecule has 1 N–H and O–H groups in total. The van der Waals surface area contributed by atoms with Crippen LogP contribution in [-0.2, 0) is 0 Å². The second-order valence-corrected chi connectivity index (χ2v) is 3.85. The molecule has 4 nitrogen and oxygen atoms in total. The van der Waals surface area contributed by atoms with Crippen LogP contribution in [0.25, 0.3) is 0 Å². The summed E-state index contributed by atoms with van der Waals surface area (Å²) in [7, 11) is 0. The minimum absolute atomic E-state index is 0.0271. The lowest BCUT2D eigenvalue weighted by Crippen LogP contribution is -2.20. The Hall–Kier alpha value is -0.900. The van der Waals surface area contributed by atoms with Gasteiger partial charge in [0, 0.05) is 5.92 Å². The third-order valence-electron chi connectivity index (χ3n) is 2.74. The zero-order valence-electron chi connectivity index (χ0n) is 8.26. The molecule has 1 saturated carbocycles. The van der Waals surface area contributed by atoms with Gasteiger partial charge in [-0.25, -0.2) is 0 Å². The van der Waals surface area contributed by atoms with Crippen LogP contribution < -0.4 is 0 Å². The van der Waals surface area contributed by atoms with Gasteiger partial charge in [-0.3, -0.25) is 10.1 Å². The predicted octanol–water partition coefficient (Wildman–Crippen LogP) is 2.11. The van der Waals surface area contributed by atoms with E-state index in [1.807, 2.05) is 0 Å². The zero-order valence-corrected chi connectivity index (χ0v) is 8.26. The summed E-state index contributed by atoms with van der Waals surface area (Å²) < 4.78 is 0. The Morgan fingerprint density at radius 3 is 2.50 bits per heavy atom. The third-order valence-corrected chi connectivity index (χ3v) is 2.74. The van der Waals surface area contributed by atoms with Crippen molar-refractivity contribution in [2.75, 3.05) is 0 Å². The number of hydrogen-bond acceptors (Lipinski definition) is 3. The Balaban J connectivity index is 2.49. The summed E-state index contributed by atoms with van der Waals surface area (Å²) in [5.41, 5.74) is 0. The van der Waals surface area contributed by atoms with Crippen molar-refractivity contribution in [2.24, 2.45) is 5.92 Å². The molecule has 1 rings (SSSR count). The van der Waals surface area contributed by atoms with Crippen LogP contribution in [0, 0.1) is 16.0 Å². The molecule has 2 atom stereocenters. The maximum atomic E-state index is 10.1. The second kappa shape index (κ2) is 5.75. The molecule has 0 bridgehead atoms. The minimum atomic E-state index is -0.467. The van der Waals surface area contributed by atoms with E-state index in [2.05, 4.69) is 0 Å². The summed E-state index contributed by atoms with van der Waals surface area (Å²) in [5, 5.41) is 19.9. The Labute approximate surface area is 83.8 Å². The molecular formula is C10H17NO3. The first-order chi connectivity index (χ1) is 6.70. The van der Waals surface area contributed by atoms with Crippen molar-refractivity contribution in [1.82, 2.24) is 0 Å². The van der Waals surface area contributed by atoms with E-state index in [9.17, 15) is 15.2 Å². The standard InChI is InChI=1S/C10H17NO3/c12-10-6-4-2-1-3-5-9(10)7-8-11(13)14/h7-10,12H,1-6H2/b8-7+. The first-order valence-electron chi connectivity index (χ1n) is 5.20. The number of nitrogens with zero attached hydrogens (tertiary/aromatic N) is 1. The molecule has 1 aliphatic rings. The predicted molar refractivity (Wildman–Crippen MR) is 53.3 cm³/mol. The molecule has 0 aliphatic heterocycles. The lowest BCUT2D eigenvalue weighted by Gasteiger charge is -2.21. The van der Waals surface area contributed by atoms with Gasteiger partial charge in [0.15, 0.2) is 0 Å². The lowest BCUT2D eigenvalue weighted by atomic mass is 9.89. The maximum absolute atomic E-state index is 10.1. The summed E-state index contributed by atoms with van der Waals surface area (Å²) in [6.07, 6.45) is 8.17. The van der Waals surface area contributed by atoms with Crippen molar-refractivity contribution >= 4 is 0 Å². The van der Waals surface area contributed by atoms with Gasteiger partial charge in [0.05, 0.1) is 11.0 Å². The summed E-state index contributed by atoms with van der Waals surface area (Å²) >= 11 is 0. The molecule has 1 aliphatic carbocycles. The van der Waals surface area contributed by atoms with Gasteiger partial charge >= 0.3 is 0 Å². The molecule has 4 heteroatoms. The van der Waals surface area contributed by atoms with Crippen molar-refractivity contribution in [1.29, 1.82) is 0 Å². The van der Waals surface area contributed by atoms with Gasteiger partial charge < -0.3 is 5.11 Å². The number of hydrogen-bond donors (Lipinski definition) is 1. The second-order valence-electron chi connectivity index (χ2n) is 3.85. The van der Waals surface area contributed by atoms with Crippen molar-refractivity contribution < 1.29 is 10.0 Å². The van der Waals surface area contributed by atoms with Crippen molar-refractivity contribution in [3.05, 3.63) is 22.4 Å². The minimum Gasteiger partial charge on any atom is -0.393 e. The fourth-order valence-electron chi connectivity index (χ4n) is 1.90. The van der Waals surface area contributed by atoms with Crippen LogP contribution in [0.2, 0.25) is 0 Å². The molecule has 14 heavy (non-hydrogen) atoms. The largest absolute Gasteiger partial charge is 0.393 e. The van der Waals surface area contributed by atoms with Crippen LogP contribution in [-0.4, -0.2) is 16.1 Å². The highest BCUT2D eigenvalue weighted by Crippen LogP contribution is 2.23. The SMILES string of the molecule is O=[N+]([O-])/C=C/C1CCCCCCC1O. The first kappa shape index (κ1) is 11.2. The molecule has 2 unspecified atom stereocenters. The molecule has 0 aromatic heterocycles. The zero-order chi connectivity index (χ0) is 10.4. The van der Waals surface area contributed by atoms with Crippen LogP contribution in [0.1, 0.15) is 38.5 Å². The third kappa shape index (κ3) is 3.87. The Bertz CT molecular complexity index is 215. The van der Waals surface area contributed by atoms with Crippen molar-refractivity contribution in [3.63, 3.8) is 0 Å². The topological polar surface area (TPSA) is 63.4 Å². The lowest BCUT2D eigenvalue weighted by molar-refractivity contribution is -0.403. The molecule has 80 valence electrons. The van der Waals surface area contributed by atoms with Gasteiger partial charge in [0.25, 0.3) is 0 Å². The van der Waals surface area contributed by atoms with E-state index in [0.29, 0.717) is 0 Å². The van der Waals surface area contributed by atoms with E-state index in [1.165, 1.54) is 18.9 Å². The van der Waals surface area contributed by atoms with E-state index >= 15 is 0 Å². The Morgan fingerprint density at radius 2 is 1.86 bits per heavy atom. The monoisotopic (exact) mass is 199 g/mol. The van der Waals surface area contributed by atoms with E-state index in [4.69, 9.17) is 0 Å². The fourth-order valence-corrected chi connectivity index (χ4v) is 1.90. The average Bonchev–Trinajstić information content (AvgIpc) is 2.10. The first-order valence-corrected chi connectivity index (χ1v) is 5.20. The molecule has 0 radical (unpaired) electrons. The van der Waals surface area contributed by atoms with Gasteiger partial charge in [-0.2, -0.15) is 0 Å². The van der Waals surface area contributed by atoms with Crippen LogP contribution in [0.15, 0.2) is 12.3 Å². The normalized spacial score (nSPS) is 29.8. The number of nitro groups is 1. The summed E-state index contributed by atoms with van der Waals surface area (Å²) in [6, 6.07) is 0. The molecule has 0 aromatic rings. The molecule has 0 saturated heterocycles. The van der Waals surface area contributed by atoms with Gasteiger partial charge in [0.2, 0.25) is 6.20 Å². The van der Waals surface area contributed by atoms with E-state index in [1.54, 1.807) is 0 Å². The smallest absolute Gasteiger partial charge is 0.230 e. The maximum Gasteiger partial charge on any atom is 0.230 e. The highest BCUT2D eigenvalue weighted by Gasteiger charge is 2.18. The quantitative estimate of drug-likeness (QED) is 0.547. The fraction of sp³-hybridized carbons (Fsp3) is 0.800. The summed E-state index contributed by atoms with van der Waals surface area (Å²) in [6.45, 7) is 0. The van der Waals surface area contributed by atoms with Crippen molar-refractivity contribution in [2.45, 2.75) is 44.6 Å². The number of aliphatic hydroxyl groups is 1. The highest BCUT2D eigenvalue weighted by atomic mass is 16.6. The van der Waals surface area contributed by atoms with Gasteiger partial charge in [0.1, 0.15) is 0 Å². The number of aliphatic hydroxyl groups excluding tert-OH is 1.